The number of aromatic hydroxyl groups is 2. The van der Waals surface area contributed by atoms with Crippen molar-refractivity contribution in [3.8, 4) is 17.3 Å². The number of aliphatic carboxylic acids is 1. The first-order valence-electron chi connectivity index (χ1n) is 13.8. The Balaban J connectivity index is 1.72. The summed E-state index contributed by atoms with van der Waals surface area (Å²) in [6.07, 6.45) is -3.22. The van der Waals surface area contributed by atoms with E-state index in [2.05, 4.69) is 15.5 Å². The molecule has 0 amide bonds. The second kappa shape index (κ2) is 13.0. The van der Waals surface area contributed by atoms with Crippen molar-refractivity contribution in [2.75, 3.05) is 26.2 Å². The molecule has 3 aromatic rings. The lowest BCUT2D eigenvalue weighted by molar-refractivity contribution is -0.138. The van der Waals surface area contributed by atoms with Crippen LogP contribution in [0, 0.1) is 20.8 Å². The fraction of sp³-hybridized carbons (Fsp3) is 0.400. The molecule has 0 aliphatic carbocycles. The number of halogens is 3. The molecule has 230 valence electrons. The number of carboxylic acids is 1. The minimum Gasteiger partial charge on any atom is -0.505 e. The summed E-state index contributed by atoms with van der Waals surface area (Å²) in [4.78, 5) is 26.5. The number of hydrogen-bond acceptors (Lipinski definition) is 8. The molecule has 0 spiro atoms. The zero-order valence-electron chi connectivity index (χ0n) is 24.1. The maximum absolute atomic E-state index is 13.7. The maximum atomic E-state index is 13.7. The summed E-state index contributed by atoms with van der Waals surface area (Å²) in [6, 6.07) is 10.0. The molecule has 0 saturated carbocycles. The number of carbonyl (C=O) groups is 1. The number of phenols is 1. The van der Waals surface area contributed by atoms with E-state index < -0.39 is 36.7 Å². The molecule has 2 aromatic carbocycles. The van der Waals surface area contributed by atoms with Gasteiger partial charge in [0, 0.05) is 12.1 Å². The summed E-state index contributed by atoms with van der Waals surface area (Å²) >= 11 is 0. The Morgan fingerprint density at radius 2 is 1.74 bits per heavy atom. The third kappa shape index (κ3) is 7.41. The highest BCUT2D eigenvalue weighted by molar-refractivity contribution is 5.69. The smallest absolute Gasteiger partial charge is 0.401 e. The number of azo groups is 1. The number of aromatic nitrogens is 1. The number of nitrogens with one attached hydrogen (secondary N) is 1. The number of rotatable bonds is 9. The summed E-state index contributed by atoms with van der Waals surface area (Å²) in [5, 5.41) is 41.7. The number of likely N-dealkylation sites (tertiary alicyclic amines) is 1. The third-order valence-electron chi connectivity index (χ3n) is 7.76. The van der Waals surface area contributed by atoms with Crippen LogP contribution in [0.4, 0.5) is 24.5 Å². The summed E-state index contributed by atoms with van der Waals surface area (Å²) in [6.45, 7) is 4.53. The van der Waals surface area contributed by atoms with Crippen molar-refractivity contribution in [1.82, 2.24) is 14.8 Å². The maximum Gasteiger partial charge on any atom is 0.401 e. The van der Waals surface area contributed by atoms with E-state index in [9.17, 15) is 33.0 Å². The number of pyridine rings is 1. The number of alkyl halides is 3. The van der Waals surface area contributed by atoms with Crippen LogP contribution in [0.5, 0.6) is 11.6 Å². The van der Waals surface area contributed by atoms with E-state index in [4.69, 9.17) is 5.11 Å². The largest absolute Gasteiger partial charge is 0.505 e. The van der Waals surface area contributed by atoms with Crippen molar-refractivity contribution < 1.29 is 33.3 Å². The first kappa shape index (κ1) is 31.7. The molecule has 1 aliphatic heterocycles. The van der Waals surface area contributed by atoms with Gasteiger partial charge in [-0.05, 0) is 93.1 Å². The van der Waals surface area contributed by atoms with Crippen LogP contribution in [0.15, 0.2) is 51.4 Å². The van der Waals surface area contributed by atoms with Gasteiger partial charge in [0.25, 0.3) is 5.56 Å². The summed E-state index contributed by atoms with van der Waals surface area (Å²) in [5.41, 5.74) is 2.04. The average molecular weight is 602 g/mol. The number of phenolic OH excluding ortho intramolecular Hbond substituents is 1. The second-order valence-electron chi connectivity index (χ2n) is 10.8. The summed E-state index contributed by atoms with van der Waals surface area (Å²) in [5.74, 6) is -1.58. The van der Waals surface area contributed by atoms with Gasteiger partial charge in [0.05, 0.1) is 18.8 Å². The second-order valence-corrected chi connectivity index (χ2v) is 10.8. The van der Waals surface area contributed by atoms with Crippen molar-refractivity contribution in [2.24, 2.45) is 10.2 Å². The molecule has 10 nitrogen and oxygen atoms in total. The first-order chi connectivity index (χ1) is 20.3. The Labute approximate surface area is 246 Å². The molecule has 43 heavy (non-hydrogen) atoms. The van der Waals surface area contributed by atoms with E-state index in [1.807, 2.05) is 18.7 Å². The lowest BCUT2D eigenvalue weighted by atomic mass is 9.88. The molecule has 1 saturated heterocycles. The molecule has 4 rings (SSSR count). The van der Waals surface area contributed by atoms with Gasteiger partial charge in [-0.2, -0.15) is 13.2 Å². The molecule has 1 aliphatic rings. The zero-order chi connectivity index (χ0) is 31.5. The molecule has 4 N–H and O–H groups in total. The van der Waals surface area contributed by atoms with Gasteiger partial charge in [-0.15, -0.1) is 10.2 Å². The minimum atomic E-state index is -4.48. The first-order valence-corrected chi connectivity index (χ1v) is 13.8. The highest BCUT2D eigenvalue weighted by atomic mass is 19.4. The Hall–Kier alpha value is -4.23. The van der Waals surface area contributed by atoms with Crippen LogP contribution in [-0.2, 0) is 11.3 Å². The van der Waals surface area contributed by atoms with Crippen LogP contribution in [-0.4, -0.2) is 63.1 Å². The van der Waals surface area contributed by atoms with Crippen LogP contribution < -0.4 is 10.9 Å². The highest BCUT2D eigenvalue weighted by Crippen LogP contribution is 2.40. The molecule has 0 unspecified atom stereocenters. The lowest BCUT2D eigenvalue weighted by Gasteiger charge is -2.31. The van der Waals surface area contributed by atoms with Gasteiger partial charge in [-0.25, -0.2) is 4.57 Å². The summed E-state index contributed by atoms with van der Waals surface area (Å²) < 4.78 is 39.5. The van der Waals surface area contributed by atoms with Crippen molar-refractivity contribution >= 4 is 17.3 Å². The highest BCUT2D eigenvalue weighted by Gasteiger charge is 2.28. The third-order valence-corrected chi connectivity index (χ3v) is 7.76. The predicted octanol–water partition coefficient (Wildman–Crippen LogP) is 5.51. The minimum absolute atomic E-state index is 0.0380. The molecule has 2 heterocycles. The monoisotopic (exact) mass is 601 g/mol. The Morgan fingerprint density at radius 1 is 1.05 bits per heavy atom. The number of nitrogens with zero attached hydrogens (tertiary/aromatic N) is 4. The molecular weight excluding hydrogens is 567 g/mol. The SMILES string of the molecule is Cc1ccc(-n2c(O)c(CNCC(F)(F)F)c(C)c(N=Nc3cccc(C4CCN(CC(=O)O)CC4)c3O)c2=O)cc1C. The number of piperidine rings is 1. The number of carboxylic acid groups (broad SMARTS) is 1. The van der Waals surface area contributed by atoms with E-state index in [0.717, 1.165) is 15.7 Å². The van der Waals surface area contributed by atoms with Crippen LogP contribution in [0.3, 0.4) is 0 Å². The number of hydrogen-bond donors (Lipinski definition) is 4. The van der Waals surface area contributed by atoms with Crippen LogP contribution in [0.2, 0.25) is 0 Å². The van der Waals surface area contributed by atoms with E-state index in [1.54, 1.807) is 30.3 Å². The van der Waals surface area contributed by atoms with E-state index in [0.29, 0.717) is 37.2 Å². The van der Waals surface area contributed by atoms with E-state index in [1.165, 1.54) is 13.0 Å². The standard InChI is InChI=1S/C30H34F3N5O5/c1-17-7-8-21(13-18(17)2)38-28(42)23(14-34-16-30(31,32)33)19(3)26(29(38)43)36-35-24-6-4-5-22(27(24)41)20-9-11-37(12-10-20)15-25(39)40/h4-8,13,20,34,41-42H,9-12,14-16H2,1-3H3,(H,39,40). The van der Waals surface area contributed by atoms with Crippen molar-refractivity contribution in [1.29, 1.82) is 0 Å². The molecule has 0 radical (unpaired) electrons. The molecule has 1 aromatic heterocycles. The number of aryl methyl sites for hydroxylation is 2. The van der Waals surface area contributed by atoms with Crippen molar-refractivity contribution in [3.63, 3.8) is 0 Å². The lowest BCUT2D eigenvalue weighted by Crippen LogP contribution is -2.36. The van der Waals surface area contributed by atoms with Gasteiger partial charge < -0.3 is 20.6 Å². The van der Waals surface area contributed by atoms with Crippen LogP contribution in [0.1, 0.15) is 46.6 Å². The van der Waals surface area contributed by atoms with Crippen molar-refractivity contribution in [3.05, 3.63) is 74.6 Å². The fourth-order valence-corrected chi connectivity index (χ4v) is 5.23. The van der Waals surface area contributed by atoms with Crippen LogP contribution >= 0.6 is 0 Å². The average Bonchev–Trinajstić information content (AvgIpc) is 2.93. The van der Waals surface area contributed by atoms with E-state index >= 15 is 0 Å². The topological polar surface area (TPSA) is 140 Å². The van der Waals surface area contributed by atoms with Gasteiger partial charge >= 0.3 is 12.1 Å². The van der Waals surface area contributed by atoms with E-state index in [-0.39, 0.29) is 40.7 Å². The number of benzene rings is 2. The normalized spacial score (nSPS) is 14.9. The Bertz CT molecular complexity index is 1590. The van der Waals surface area contributed by atoms with Gasteiger partial charge in [0.15, 0.2) is 5.69 Å². The van der Waals surface area contributed by atoms with Gasteiger partial charge in [-0.1, -0.05) is 18.2 Å². The Morgan fingerprint density at radius 3 is 2.37 bits per heavy atom. The Kier molecular flexibility index (Phi) is 9.55. The molecule has 0 atom stereocenters. The van der Waals surface area contributed by atoms with Gasteiger partial charge in [0.2, 0.25) is 5.88 Å². The zero-order valence-corrected chi connectivity index (χ0v) is 24.1. The van der Waals surface area contributed by atoms with Gasteiger partial charge in [-0.3, -0.25) is 14.5 Å². The molecule has 0 bridgehead atoms. The molecular formula is C30H34F3N5O5. The fourth-order valence-electron chi connectivity index (χ4n) is 5.23. The number of para-hydroxylation sites is 1. The van der Waals surface area contributed by atoms with Crippen molar-refractivity contribution in [2.45, 2.75) is 52.3 Å². The quantitative estimate of drug-likeness (QED) is 0.237. The van der Waals surface area contributed by atoms with Gasteiger partial charge in [0.1, 0.15) is 11.4 Å². The molecule has 1 fully saturated rings. The summed E-state index contributed by atoms with van der Waals surface area (Å²) in [7, 11) is 0. The predicted molar refractivity (Wildman–Crippen MR) is 154 cm³/mol. The molecule has 13 heteroatoms. The van der Waals surface area contributed by atoms with Crippen LogP contribution in [0.25, 0.3) is 5.69 Å².